The average molecular weight is 265 g/mol. The Morgan fingerprint density at radius 2 is 1.89 bits per heavy atom. The van der Waals surface area contributed by atoms with E-state index in [4.69, 9.17) is 0 Å². The Kier molecular flexibility index (Phi) is 6.29. The number of hydrogen-bond acceptors (Lipinski definition) is 4. The zero-order valence-electron chi connectivity index (χ0n) is 11.9. The highest BCUT2D eigenvalue weighted by Gasteiger charge is 2.04. The minimum absolute atomic E-state index is 0.129. The molecule has 0 atom stereocenters. The van der Waals surface area contributed by atoms with Crippen LogP contribution in [0.25, 0.3) is 0 Å². The van der Waals surface area contributed by atoms with Crippen molar-refractivity contribution in [3.8, 4) is 0 Å². The highest BCUT2D eigenvalue weighted by Crippen LogP contribution is 2.15. The number of rotatable bonds is 8. The second kappa shape index (κ2) is 7.74. The molecular weight excluding hydrogens is 242 g/mol. The number of hydrogen-bond donors (Lipinski definition) is 1. The molecule has 0 fully saturated rings. The Morgan fingerprint density at radius 3 is 2.42 bits per heavy atom. The van der Waals surface area contributed by atoms with Crippen LogP contribution in [0.2, 0.25) is 0 Å². The summed E-state index contributed by atoms with van der Waals surface area (Å²) in [5.41, 5.74) is 1.06. The van der Waals surface area contributed by atoms with Crippen molar-refractivity contribution in [2.75, 3.05) is 25.5 Å². The Bertz CT molecular complexity index is 390. The van der Waals surface area contributed by atoms with Crippen LogP contribution >= 0.6 is 0 Å². The van der Waals surface area contributed by atoms with Gasteiger partial charge in [-0.2, -0.15) is 0 Å². The normalized spacial score (nSPS) is 11.0. The Morgan fingerprint density at radius 1 is 1.26 bits per heavy atom. The van der Waals surface area contributed by atoms with Gasteiger partial charge in [0.15, 0.2) is 0 Å². The minimum atomic E-state index is -0.383. The fraction of sp³-hybridized carbons (Fsp3) is 0.571. The quantitative estimate of drug-likeness (QED) is 0.445. The number of nitro groups is 1. The highest BCUT2D eigenvalue weighted by atomic mass is 16.6. The molecule has 0 amide bonds. The molecule has 0 aliphatic heterocycles. The van der Waals surface area contributed by atoms with Gasteiger partial charge < -0.3 is 10.2 Å². The van der Waals surface area contributed by atoms with Crippen LogP contribution < -0.4 is 5.32 Å². The molecule has 106 valence electrons. The van der Waals surface area contributed by atoms with Gasteiger partial charge in [0.2, 0.25) is 0 Å². The third kappa shape index (κ3) is 5.70. The van der Waals surface area contributed by atoms with Crippen LogP contribution in [0, 0.1) is 10.1 Å². The van der Waals surface area contributed by atoms with Gasteiger partial charge in [-0.3, -0.25) is 10.1 Å². The van der Waals surface area contributed by atoms with E-state index in [0.29, 0.717) is 6.04 Å². The van der Waals surface area contributed by atoms with E-state index >= 15 is 0 Å². The second-order valence-electron chi connectivity index (χ2n) is 5.01. The smallest absolute Gasteiger partial charge is 0.269 e. The van der Waals surface area contributed by atoms with E-state index in [1.807, 2.05) is 0 Å². The van der Waals surface area contributed by atoms with Crippen LogP contribution in [0.4, 0.5) is 11.4 Å². The zero-order valence-corrected chi connectivity index (χ0v) is 11.9. The molecule has 0 spiro atoms. The largest absolute Gasteiger partial charge is 0.385 e. The molecule has 0 heterocycles. The van der Waals surface area contributed by atoms with Gasteiger partial charge in [-0.05, 0) is 52.4 Å². The first-order valence-corrected chi connectivity index (χ1v) is 6.69. The van der Waals surface area contributed by atoms with Crippen molar-refractivity contribution in [3.63, 3.8) is 0 Å². The molecule has 1 aromatic carbocycles. The molecule has 0 aromatic heterocycles. The summed E-state index contributed by atoms with van der Waals surface area (Å²) in [6.07, 6.45) is 2.24. The summed E-state index contributed by atoms with van der Waals surface area (Å²) in [6.45, 7) is 6.37. The van der Waals surface area contributed by atoms with E-state index in [0.717, 1.165) is 31.6 Å². The van der Waals surface area contributed by atoms with Crippen molar-refractivity contribution in [1.82, 2.24) is 4.90 Å². The lowest BCUT2D eigenvalue weighted by atomic mass is 10.2. The standard InChI is InChI=1S/C14H23N3O2/c1-12(2)16(3)11-5-4-10-15-13-6-8-14(9-7-13)17(18)19/h6-9,12,15H,4-5,10-11H2,1-3H3. The van der Waals surface area contributed by atoms with Gasteiger partial charge in [-0.15, -0.1) is 0 Å². The first-order valence-electron chi connectivity index (χ1n) is 6.69. The van der Waals surface area contributed by atoms with Gasteiger partial charge in [-0.1, -0.05) is 0 Å². The van der Waals surface area contributed by atoms with Gasteiger partial charge in [0.1, 0.15) is 0 Å². The summed E-state index contributed by atoms with van der Waals surface area (Å²) < 4.78 is 0. The van der Waals surface area contributed by atoms with E-state index in [9.17, 15) is 10.1 Å². The molecule has 5 nitrogen and oxygen atoms in total. The minimum Gasteiger partial charge on any atom is -0.385 e. The molecule has 0 saturated carbocycles. The van der Waals surface area contributed by atoms with Crippen molar-refractivity contribution < 1.29 is 4.92 Å². The van der Waals surface area contributed by atoms with Gasteiger partial charge in [0.25, 0.3) is 5.69 Å². The lowest BCUT2D eigenvalue weighted by molar-refractivity contribution is -0.384. The van der Waals surface area contributed by atoms with Crippen LogP contribution in [0.15, 0.2) is 24.3 Å². The summed E-state index contributed by atoms with van der Waals surface area (Å²) in [5, 5.41) is 13.8. The Labute approximate surface area is 114 Å². The summed E-state index contributed by atoms with van der Waals surface area (Å²) >= 11 is 0. The average Bonchev–Trinajstić information content (AvgIpc) is 2.38. The molecule has 0 bridgehead atoms. The molecule has 0 aliphatic carbocycles. The van der Waals surface area contributed by atoms with Gasteiger partial charge in [-0.25, -0.2) is 0 Å². The van der Waals surface area contributed by atoms with E-state index < -0.39 is 0 Å². The van der Waals surface area contributed by atoms with Gasteiger partial charge >= 0.3 is 0 Å². The first-order chi connectivity index (χ1) is 9.00. The van der Waals surface area contributed by atoms with Gasteiger partial charge in [0.05, 0.1) is 4.92 Å². The number of anilines is 1. The third-order valence-corrected chi connectivity index (χ3v) is 3.23. The molecule has 0 saturated heterocycles. The molecule has 0 unspecified atom stereocenters. The van der Waals surface area contributed by atoms with Crippen molar-refractivity contribution in [2.24, 2.45) is 0 Å². The monoisotopic (exact) mass is 265 g/mol. The zero-order chi connectivity index (χ0) is 14.3. The van der Waals surface area contributed by atoms with E-state index in [-0.39, 0.29) is 10.6 Å². The fourth-order valence-electron chi connectivity index (χ4n) is 1.68. The SMILES string of the molecule is CC(C)N(C)CCCCNc1ccc([N+](=O)[O-])cc1. The van der Waals surface area contributed by atoms with Crippen molar-refractivity contribution in [2.45, 2.75) is 32.7 Å². The molecule has 0 aliphatic rings. The topological polar surface area (TPSA) is 58.4 Å². The lowest BCUT2D eigenvalue weighted by Crippen LogP contribution is -2.27. The number of unbranched alkanes of at least 4 members (excludes halogenated alkanes) is 1. The maximum absolute atomic E-state index is 10.5. The summed E-state index contributed by atoms with van der Waals surface area (Å²) in [6, 6.07) is 7.13. The number of benzene rings is 1. The molecule has 5 heteroatoms. The predicted molar refractivity (Wildman–Crippen MR) is 78.6 cm³/mol. The van der Waals surface area contributed by atoms with Crippen molar-refractivity contribution in [1.29, 1.82) is 0 Å². The highest BCUT2D eigenvalue weighted by molar-refractivity contribution is 5.48. The van der Waals surface area contributed by atoms with Crippen LogP contribution in [0.3, 0.4) is 0 Å². The first kappa shape index (κ1) is 15.4. The van der Waals surface area contributed by atoms with Gasteiger partial charge in [0, 0.05) is 30.4 Å². The predicted octanol–water partition coefficient (Wildman–Crippen LogP) is 3.13. The molecule has 19 heavy (non-hydrogen) atoms. The van der Waals surface area contributed by atoms with Crippen molar-refractivity contribution in [3.05, 3.63) is 34.4 Å². The molecule has 0 radical (unpaired) electrons. The van der Waals surface area contributed by atoms with E-state index in [1.165, 1.54) is 12.1 Å². The molecule has 1 N–H and O–H groups in total. The van der Waals surface area contributed by atoms with E-state index in [2.05, 4.69) is 31.1 Å². The summed E-state index contributed by atoms with van der Waals surface area (Å²) in [4.78, 5) is 12.5. The molecular formula is C14H23N3O2. The Hall–Kier alpha value is -1.62. The fourth-order valence-corrected chi connectivity index (χ4v) is 1.68. The maximum Gasteiger partial charge on any atom is 0.269 e. The molecule has 1 aromatic rings. The number of nitrogens with one attached hydrogen (secondary N) is 1. The lowest BCUT2D eigenvalue weighted by Gasteiger charge is -2.20. The third-order valence-electron chi connectivity index (χ3n) is 3.23. The van der Waals surface area contributed by atoms with Crippen LogP contribution in [0.5, 0.6) is 0 Å². The van der Waals surface area contributed by atoms with Crippen LogP contribution in [0.1, 0.15) is 26.7 Å². The van der Waals surface area contributed by atoms with Crippen LogP contribution in [-0.2, 0) is 0 Å². The van der Waals surface area contributed by atoms with Crippen molar-refractivity contribution >= 4 is 11.4 Å². The van der Waals surface area contributed by atoms with Crippen LogP contribution in [-0.4, -0.2) is 36.0 Å². The number of non-ortho nitro benzene ring substituents is 1. The van der Waals surface area contributed by atoms with E-state index in [1.54, 1.807) is 12.1 Å². The summed E-state index contributed by atoms with van der Waals surface area (Å²) in [7, 11) is 2.13. The number of nitro benzene ring substituents is 1. The summed E-state index contributed by atoms with van der Waals surface area (Å²) in [5.74, 6) is 0. The maximum atomic E-state index is 10.5. The Balaban J connectivity index is 2.21. The second-order valence-corrected chi connectivity index (χ2v) is 5.01. The molecule has 1 rings (SSSR count). The number of nitrogens with zero attached hydrogens (tertiary/aromatic N) is 2.